The number of nitrogens with zero attached hydrogens (tertiary/aromatic N) is 4. The van der Waals surface area contributed by atoms with Gasteiger partial charge in [0.05, 0.1) is 22.8 Å². The van der Waals surface area contributed by atoms with Crippen molar-refractivity contribution in [1.82, 2.24) is 20.2 Å². The first-order valence-electron chi connectivity index (χ1n) is 6.57. The second-order valence-corrected chi connectivity index (χ2v) is 6.43. The van der Waals surface area contributed by atoms with Crippen molar-refractivity contribution in [3.63, 3.8) is 0 Å². The van der Waals surface area contributed by atoms with Gasteiger partial charge in [0, 0.05) is 17.4 Å². The van der Waals surface area contributed by atoms with Crippen LogP contribution >= 0.6 is 0 Å². The van der Waals surface area contributed by atoms with Gasteiger partial charge in [-0.25, -0.2) is 0 Å². The lowest BCUT2D eigenvalue weighted by molar-refractivity contribution is 0.127. The van der Waals surface area contributed by atoms with Crippen LogP contribution in [0.15, 0.2) is 30.3 Å². The molecule has 1 fully saturated rings. The average molecular weight is 292 g/mol. The van der Waals surface area contributed by atoms with Crippen LogP contribution in [0.1, 0.15) is 19.2 Å². The Kier molecular flexibility index (Phi) is 3.88. The van der Waals surface area contributed by atoms with Crippen molar-refractivity contribution < 1.29 is 8.95 Å². The first-order valence-corrected chi connectivity index (χ1v) is 7.95. The number of hydrogen-bond donors (Lipinski definition) is 0. The lowest BCUT2D eigenvalue weighted by atomic mass is 10.3. The third-order valence-corrected chi connectivity index (χ3v) is 5.29. The molecular formula is C13H16N4O2S. The van der Waals surface area contributed by atoms with Crippen LogP contribution in [0.25, 0.3) is 5.69 Å². The number of tetrazole rings is 1. The normalized spacial score (nSPS) is 23.9. The van der Waals surface area contributed by atoms with E-state index in [2.05, 4.69) is 15.5 Å². The fourth-order valence-electron chi connectivity index (χ4n) is 2.36. The number of aromatic nitrogens is 4. The zero-order valence-corrected chi connectivity index (χ0v) is 12.0. The summed E-state index contributed by atoms with van der Waals surface area (Å²) in [5.41, 5.74) is 0.875. The molecule has 3 rings (SSSR count). The van der Waals surface area contributed by atoms with Gasteiger partial charge in [-0.15, -0.1) is 5.10 Å². The minimum absolute atomic E-state index is 0.0388. The first kappa shape index (κ1) is 13.4. The Labute approximate surface area is 119 Å². The highest BCUT2D eigenvalue weighted by molar-refractivity contribution is 7.84. The molecule has 7 heteroatoms. The van der Waals surface area contributed by atoms with Crippen LogP contribution in [-0.2, 0) is 21.3 Å². The quantitative estimate of drug-likeness (QED) is 0.843. The maximum absolute atomic E-state index is 12.4. The van der Waals surface area contributed by atoms with Gasteiger partial charge in [-0.3, -0.25) is 4.21 Å². The monoisotopic (exact) mass is 292 g/mol. The van der Waals surface area contributed by atoms with Crippen molar-refractivity contribution >= 4 is 10.8 Å². The predicted molar refractivity (Wildman–Crippen MR) is 74.8 cm³/mol. The summed E-state index contributed by atoms with van der Waals surface area (Å²) in [7, 11) is -1.03. The van der Waals surface area contributed by atoms with Crippen LogP contribution in [0.2, 0.25) is 0 Å². The van der Waals surface area contributed by atoms with E-state index in [1.165, 1.54) is 0 Å². The molecule has 106 valence electrons. The van der Waals surface area contributed by atoms with Gasteiger partial charge >= 0.3 is 0 Å². The Hall–Kier alpha value is -1.60. The van der Waals surface area contributed by atoms with Crippen molar-refractivity contribution in [2.45, 2.75) is 30.5 Å². The second-order valence-electron chi connectivity index (χ2n) is 4.77. The van der Waals surface area contributed by atoms with Gasteiger partial charge in [-0.2, -0.15) is 4.68 Å². The summed E-state index contributed by atoms with van der Waals surface area (Å²) in [5, 5.41) is 11.7. The molecule has 2 heterocycles. The van der Waals surface area contributed by atoms with E-state index in [4.69, 9.17) is 4.74 Å². The number of ether oxygens (including phenoxy) is 1. The van der Waals surface area contributed by atoms with Crippen LogP contribution in [-0.4, -0.2) is 42.4 Å². The number of benzene rings is 1. The van der Waals surface area contributed by atoms with Crippen molar-refractivity contribution in [3.05, 3.63) is 36.2 Å². The average Bonchev–Trinajstić information content (AvgIpc) is 3.08. The van der Waals surface area contributed by atoms with E-state index in [1.807, 2.05) is 37.3 Å². The highest BCUT2D eigenvalue weighted by Gasteiger charge is 2.30. The summed E-state index contributed by atoms with van der Waals surface area (Å²) in [5.74, 6) is 0.967. The van der Waals surface area contributed by atoms with Gasteiger partial charge < -0.3 is 4.74 Å². The molecule has 0 radical (unpaired) electrons. The standard InChI is InChI=1S/C13H16N4O2S/c1-10-12(7-8-19-10)20(18)9-13-14-15-16-17(13)11-5-3-2-4-6-11/h2-6,10,12H,7-9H2,1H3/t10-,12+,20-/m0/s1. The van der Waals surface area contributed by atoms with E-state index in [-0.39, 0.29) is 11.4 Å². The van der Waals surface area contributed by atoms with Crippen molar-refractivity contribution in [1.29, 1.82) is 0 Å². The number of para-hydroxylation sites is 1. The van der Waals surface area contributed by atoms with Crippen LogP contribution in [0.5, 0.6) is 0 Å². The third-order valence-electron chi connectivity index (χ3n) is 3.45. The summed E-state index contributed by atoms with van der Waals surface area (Å²) in [6, 6.07) is 9.62. The van der Waals surface area contributed by atoms with Crippen molar-refractivity contribution in [3.8, 4) is 5.69 Å². The molecule has 20 heavy (non-hydrogen) atoms. The molecule has 1 aromatic carbocycles. The smallest absolute Gasteiger partial charge is 0.169 e. The van der Waals surface area contributed by atoms with Crippen LogP contribution in [0.4, 0.5) is 0 Å². The summed E-state index contributed by atoms with van der Waals surface area (Å²) in [4.78, 5) is 0. The molecule has 1 saturated heterocycles. The molecular weight excluding hydrogens is 276 g/mol. The van der Waals surface area contributed by atoms with E-state index >= 15 is 0 Å². The zero-order valence-electron chi connectivity index (χ0n) is 11.2. The summed E-state index contributed by atoms with van der Waals surface area (Å²) >= 11 is 0. The minimum Gasteiger partial charge on any atom is -0.377 e. The summed E-state index contributed by atoms with van der Waals surface area (Å²) in [6.07, 6.45) is 0.873. The SMILES string of the molecule is C[C@@H]1OCC[C@H]1[S@@](=O)Cc1nnnn1-c1ccccc1. The Morgan fingerprint density at radius 1 is 1.40 bits per heavy atom. The topological polar surface area (TPSA) is 69.9 Å². The maximum atomic E-state index is 12.4. The highest BCUT2D eigenvalue weighted by Crippen LogP contribution is 2.21. The van der Waals surface area contributed by atoms with E-state index in [0.717, 1.165) is 12.1 Å². The largest absolute Gasteiger partial charge is 0.377 e. The van der Waals surface area contributed by atoms with Crippen molar-refractivity contribution in [2.24, 2.45) is 0 Å². The van der Waals surface area contributed by atoms with Gasteiger partial charge in [0.25, 0.3) is 0 Å². The van der Waals surface area contributed by atoms with Gasteiger partial charge in [0.15, 0.2) is 5.82 Å². The molecule has 1 aliphatic rings. The van der Waals surface area contributed by atoms with Gasteiger partial charge in [0.1, 0.15) is 0 Å². The number of rotatable bonds is 4. The van der Waals surface area contributed by atoms with E-state index in [9.17, 15) is 4.21 Å². The van der Waals surface area contributed by atoms with Gasteiger partial charge in [0.2, 0.25) is 0 Å². The number of hydrogen-bond acceptors (Lipinski definition) is 5. The maximum Gasteiger partial charge on any atom is 0.169 e. The van der Waals surface area contributed by atoms with E-state index in [0.29, 0.717) is 18.2 Å². The van der Waals surface area contributed by atoms with Gasteiger partial charge in [-0.1, -0.05) is 18.2 Å². The van der Waals surface area contributed by atoms with Crippen LogP contribution < -0.4 is 0 Å². The molecule has 0 saturated carbocycles. The van der Waals surface area contributed by atoms with E-state index < -0.39 is 10.8 Å². The molecule has 1 aliphatic heterocycles. The fraction of sp³-hybridized carbons (Fsp3) is 0.462. The first-order chi connectivity index (χ1) is 9.75. The fourth-order valence-corrected chi connectivity index (χ4v) is 3.87. The second kappa shape index (κ2) is 5.80. The molecule has 6 nitrogen and oxygen atoms in total. The molecule has 0 spiro atoms. The van der Waals surface area contributed by atoms with E-state index in [1.54, 1.807) is 4.68 Å². The van der Waals surface area contributed by atoms with Gasteiger partial charge in [-0.05, 0) is 35.9 Å². The zero-order chi connectivity index (χ0) is 13.9. The van der Waals surface area contributed by atoms with Crippen molar-refractivity contribution in [2.75, 3.05) is 6.61 Å². The highest BCUT2D eigenvalue weighted by atomic mass is 32.2. The van der Waals surface area contributed by atoms with Crippen LogP contribution in [0, 0.1) is 0 Å². The molecule has 0 bridgehead atoms. The molecule has 2 aromatic rings. The summed E-state index contributed by atoms with van der Waals surface area (Å²) < 4.78 is 19.5. The van der Waals surface area contributed by atoms with Crippen LogP contribution in [0.3, 0.4) is 0 Å². The summed E-state index contributed by atoms with van der Waals surface area (Å²) in [6.45, 7) is 2.65. The minimum atomic E-state index is -1.03. The molecule has 0 aliphatic carbocycles. The molecule has 0 N–H and O–H groups in total. The Balaban J connectivity index is 1.79. The lowest BCUT2D eigenvalue weighted by Crippen LogP contribution is -2.25. The molecule has 0 unspecified atom stereocenters. The third kappa shape index (κ3) is 2.64. The lowest BCUT2D eigenvalue weighted by Gasteiger charge is -2.13. The molecule has 3 atom stereocenters. The molecule has 1 aromatic heterocycles. The Morgan fingerprint density at radius 2 is 2.20 bits per heavy atom. The Morgan fingerprint density at radius 3 is 2.90 bits per heavy atom. The molecule has 0 amide bonds. The Bertz CT molecular complexity index is 601. The predicted octanol–water partition coefficient (Wildman–Crippen LogP) is 1.09.